The van der Waals surface area contributed by atoms with Crippen LogP contribution in [0, 0.1) is 5.92 Å². The van der Waals surface area contributed by atoms with Crippen molar-refractivity contribution in [3.05, 3.63) is 0 Å². The Morgan fingerprint density at radius 3 is 2.25 bits per heavy atom. The van der Waals surface area contributed by atoms with E-state index in [9.17, 15) is 13.6 Å². The molecule has 0 radical (unpaired) electrons. The number of likely N-dealkylation sites (tertiary alicyclic amines) is 1. The summed E-state index contributed by atoms with van der Waals surface area (Å²) in [4.78, 5) is 13.4. The maximum Gasteiger partial charge on any atom is 0.410 e. The first kappa shape index (κ1) is 17.1. The number of halogens is 2. The minimum absolute atomic E-state index is 0.168. The maximum absolute atomic E-state index is 13.5. The summed E-state index contributed by atoms with van der Waals surface area (Å²) in [6, 6.07) is 0. The average Bonchev–Trinajstić information content (AvgIpc) is 2.26. The van der Waals surface area contributed by atoms with Gasteiger partial charge in [-0.3, -0.25) is 0 Å². The number of carbonyl (C=O) groups is 1. The van der Waals surface area contributed by atoms with Gasteiger partial charge in [-0.2, -0.15) is 0 Å². The molecule has 1 rings (SSSR count). The van der Waals surface area contributed by atoms with E-state index < -0.39 is 23.7 Å². The Morgan fingerprint density at radius 2 is 1.85 bits per heavy atom. The van der Waals surface area contributed by atoms with Crippen molar-refractivity contribution in [1.82, 2.24) is 4.90 Å². The van der Waals surface area contributed by atoms with Crippen LogP contribution in [0.5, 0.6) is 0 Å². The highest BCUT2D eigenvalue weighted by Crippen LogP contribution is 2.32. The van der Waals surface area contributed by atoms with Crippen molar-refractivity contribution in [3.63, 3.8) is 0 Å². The van der Waals surface area contributed by atoms with Crippen LogP contribution in [0.4, 0.5) is 13.6 Å². The SMILES string of the molecule is CC(O)C(F)(F)CC1CCN(C(=O)OC(C)(C)C)CC1. The third kappa shape index (κ3) is 5.23. The number of nitrogens with zero attached hydrogens (tertiary/aromatic N) is 1. The number of carbonyl (C=O) groups excluding carboxylic acids is 1. The molecular weight excluding hydrogens is 268 g/mol. The Hall–Kier alpha value is -0.910. The number of rotatable bonds is 3. The lowest BCUT2D eigenvalue weighted by Crippen LogP contribution is -2.43. The van der Waals surface area contributed by atoms with Crippen LogP contribution in [0.1, 0.15) is 47.0 Å². The number of aliphatic hydroxyl groups is 1. The fraction of sp³-hybridized carbons (Fsp3) is 0.929. The van der Waals surface area contributed by atoms with Crippen molar-refractivity contribution in [2.75, 3.05) is 13.1 Å². The molecule has 0 bridgehead atoms. The molecule has 1 heterocycles. The van der Waals surface area contributed by atoms with Gasteiger partial charge >= 0.3 is 6.09 Å². The molecule has 0 aromatic carbocycles. The first-order valence-corrected chi connectivity index (χ1v) is 7.05. The van der Waals surface area contributed by atoms with Crippen LogP contribution in [0.25, 0.3) is 0 Å². The summed E-state index contributed by atoms with van der Waals surface area (Å²) in [5.74, 6) is -3.23. The zero-order chi connectivity index (χ0) is 15.6. The standard InChI is InChI=1S/C14H25F2NO3/c1-10(18)14(15,16)9-11-5-7-17(8-6-11)12(19)20-13(2,3)4/h10-11,18H,5-9H2,1-4H3. The maximum atomic E-state index is 13.5. The molecule has 1 saturated heterocycles. The predicted octanol–water partition coefficient (Wildman–Crippen LogP) is 3.04. The second-order valence-corrected chi connectivity index (χ2v) is 6.55. The quantitative estimate of drug-likeness (QED) is 0.870. The Bertz CT molecular complexity index is 332. The molecule has 1 fully saturated rings. The average molecular weight is 293 g/mol. The number of amides is 1. The van der Waals surface area contributed by atoms with Crippen LogP contribution in [0.3, 0.4) is 0 Å². The molecule has 1 aliphatic heterocycles. The largest absolute Gasteiger partial charge is 0.444 e. The van der Waals surface area contributed by atoms with Gasteiger partial charge in [0, 0.05) is 19.5 Å². The first-order chi connectivity index (χ1) is 9.01. The topological polar surface area (TPSA) is 49.8 Å². The highest BCUT2D eigenvalue weighted by Gasteiger charge is 2.39. The number of piperidine rings is 1. The van der Waals surface area contributed by atoms with Gasteiger partial charge in [-0.05, 0) is 46.5 Å². The van der Waals surface area contributed by atoms with E-state index in [0.29, 0.717) is 25.9 Å². The van der Waals surface area contributed by atoms with Crippen molar-refractivity contribution >= 4 is 6.09 Å². The zero-order valence-corrected chi connectivity index (χ0v) is 12.7. The minimum atomic E-state index is -3.06. The Kier molecular flexibility index (Phi) is 5.35. The van der Waals surface area contributed by atoms with Crippen molar-refractivity contribution in [1.29, 1.82) is 0 Å². The minimum Gasteiger partial charge on any atom is -0.444 e. The molecule has 20 heavy (non-hydrogen) atoms. The molecular formula is C14H25F2NO3. The molecule has 0 spiro atoms. The van der Waals surface area contributed by atoms with Crippen LogP contribution < -0.4 is 0 Å². The summed E-state index contributed by atoms with van der Waals surface area (Å²) < 4.78 is 32.2. The fourth-order valence-electron chi connectivity index (χ4n) is 2.20. The second-order valence-electron chi connectivity index (χ2n) is 6.55. The van der Waals surface area contributed by atoms with Gasteiger partial charge in [0.1, 0.15) is 11.7 Å². The fourth-order valence-corrected chi connectivity index (χ4v) is 2.20. The van der Waals surface area contributed by atoms with Gasteiger partial charge in [0.05, 0.1) is 0 Å². The highest BCUT2D eigenvalue weighted by atomic mass is 19.3. The van der Waals surface area contributed by atoms with E-state index in [2.05, 4.69) is 0 Å². The summed E-state index contributed by atoms with van der Waals surface area (Å²) in [5.41, 5.74) is -0.548. The van der Waals surface area contributed by atoms with Gasteiger partial charge in [0.25, 0.3) is 5.92 Å². The van der Waals surface area contributed by atoms with Crippen molar-refractivity contribution < 1.29 is 23.4 Å². The Morgan fingerprint density at radius 1 is 1.35 bits per heavy atom. The lowest BCUT2D eigenvalue weighted by atomic mass is 9.89. The Balaban J connectivity index is 2.42. The van der Waals surface area contributed by atoms with Crippen LogP contribution >= 0.6 is 0 Å². The molecule has 1 aliphatic rings. The van der Waals surface area contributed by atoms with Gasteiger partial charge in [0.15, 0.2) is 0 Å². The second kappa shape index (κ2) is 6.24. The van der Waals surface area contributed by atoms with Gasteiger partial charge in [-0.25, -0.2) is 13.6 Å². The number of ether oxygens (including phenoxy) is 1. The van der Waals surface area contributed by atoms with Crippen molar-refractivity contribution in [2.24, 2.45) is 5.92 Å². The predicted molar refractivity (Wildman–Crippen MR) is 71.8 cm³/mol. The molecule has 0 aromatic heterocycles. The van der Waals surface area contributed by atoms with E-state index in [1.165, 1.54) is 0 Å². The van der Waals surface area contributed by atoms with E-state index in [1.807, 2.05) is 0 Å². The summed E-state index contributed by atoms with van der Waals surface area (Å²) >= 11 is 0. The summed E-state index contributed by atoms with van der Waals surface area (Å²) in [5, 5.41) is 9.04. The highest BCUT2D eigenvalue weighted by molar-refractivity contribution is 5.68. The summed E-state index contributed by atoms with van der Waals surface area (Å²) in [6.45, 7) is 7.34. The molecule has 0 saturated carbocycles. The molecule has 4 nitrogen and oxygen atoms in total. The van der Waals surface area contributed by atoms with E-state index in [1.54, 1.807) is 25.7 Å². The monoisotopic (exact) mass is 293 g/mol. The number of aliphatic hydroxyl groups excluding tert-OH is 1. The lowest BCUT2D eigenvalue weighted by molar-refractivity contribution is -0.117. The lowest BCUT2D eigenvalue weighted by Gasteiger charge is -2.35. The first-order valence-electron chi connectivity index (χ1n) is 7.05. The van der Waals surface area contributed by atoms with Crippen LogP contribution in [0.2, 0.25) is 0 Å². The Labute approximate surface area is 119 Å². The molecule has 0 aromatic rings. The molecule has 1 atom stereocenters. The summed E-state index contributed by atoms with van der Waals surface area (Å²) in [7, 11) is 0. The van der Waals surface area contributed by atoms with Crippen LogP contribution in [-0.4, -0.2) is 46.8 Å². The molecule has 1 N–H and O–H groups in total. The number of alkyl halides is 2. The number of hydrogen-bond acceptors (Lipinski definition) is 3. The van der Waals surface area contributed by atoms with E-state index in [-0.39, 0.29) is 12.3 Å². The van der Waals surface area contributed by atoms with Crippen LogP contribution in [0.15, 0.2) is 0 Å². The third-order valence-electron chi connectivity index (χ3n) is 3.44. The normalized spacial score (nSPS) is 19.9. The molecule has 0 aliphatic carbocycles. The van der Waals surface area contributed by atoms with Crippen molar-refractivity contribution in [3.8, 4) is 0 Å². The van der Waals surface area contributed by atoms with Gasteiger partial charge in [-0.15, -0.1) is 0 Å². The van der Waals surface area contributed by atoms with Gasteiger partial charge < -0.3 is 14.7 Å². The molecule has 1 unspecified atom stereocenters. The van der Waals surface area contributed by atoms with Crippen LogP contribution in [-0.2, 0) is 4.74 Å². The van der Waals surface area contributed by atoms with E-state index in [4.69, 9.17) is 9.84 Å². The smallest absolute Gasteiger partial charge is 0.410 e. The van der Waals surface area contributed by atoms with Crippen molar-refractivity contribution in [2.45, 2.75) is 64.6 Å². The number of hydrogen-bond donors (Lipinski definition) is 1. The van der Waals surface area contributed by atoms with E-state index >= 15 is 0 Å². The molecule has 118 valence electrons. The molecule has 1 amide bonds. The van der Waals surface area contributed by atoms with E-state index in [0.717, 1.165) is 6.92 Å². The molecule has 6 heteroatoms. The third-order valence-corrected chi connectivity index (χ3v) is 3.44. The van der Waals surface area contributed by atoms with Gasteiger partial charge in [-0.1, -0.05) is 0 Å². The summed E-state index contributed by atoms with van der Waals surface area (Å²) in [6.07, 6.45) is -1.32. The zero-order valence-electron chi connectivity index (χ0n) is 12.7. The van der Waals surface area contributed by atoms with Gasteiger partial charge in [0.2, 0.25) is 0 Å².